The van der Waals surface area contributed by atoms with Crippen LogP contribution in [0.15, 0.2) is 69.6 Å². The van der Waals surface area contributed by atoms with E-state index in [-0.39, 0.29) is 29.5 Å². The van der Waals surface area contributed by atoms with E-state index < -0.39 is 10.8 Å². The minimum atomic E-state index is -0.582. The minimum absolute atomic E-state index is 0.0135. The molecule has 37 heavy (non-hydrogen) atoms. The zero-order valence-electron chi connectivity index (χ0n) is 20.1. The van der Waals surface area contributed by atoms with Gasteiger partial charge in [0.1, 0.15) is 29.6 Å². The van der Waals surface area contributed by atoms with Gasteiger partial charge in [-0.15, -0.1) is 0 Å². The van der Waals surface area contributed by atoms with Crippen LogP contribution < -0.4 is 14.8 Å². The number of nitrogens with zero attached hydrogens (tertiary/aromatic N) is 1. The van der Waals surface area contributed by atoms with Gasteiger partial charge in [-0.2, -0.15) is 0 Å². The Morgan fingerprint density at radius 2 is 1.84 bits per heavy atom. The van der Waals surface area contributed by atoms with Crippen LogP contribution in [0, 0.1) is 30.9 Å². The fraction of sp³-hybridized carbons (Fsp3) is 0.148. The van der Waals surface area contributed by atoms with Crippen LogP contribution in [0.25, 0.3) is 0 Å². The van der Waals surface area contributed by atoms with Crippen molar-refractivity contribution in [2.24, 2.45) is 0 Å². The summed E-state index contributed by atoms with van der Waals surface area (Å²) in [4.78, 5) is 23.8. The summed E-state index contributed by atoms with van der Waals surface area (Å²) in [5.41, 5.74) is 2.91. The van der Waals surface area contributed by atoms with E-state index in [9.17, 15) is 14.9 Å². The number of nitro groups is 1. The van der Waals surface area contributed by atoms with Crippen molar-refractivity contribution in [1.29, 1.82) is 0 Å². The molecule has 10 heteroatoms. The van der Waals surface area contributed by atoms with E-state index >= 15 is 0 Å². The van der Waals surface area contributed by atoms with Crippen LogP contribution in [-0.4, -0.2) is 10.8 Å². The lowest BCUT2D eigenvalue weighted by Crippen LogP contribution is -2.11. The summed E-state index contributed by atoms with van der Waals surface area (Å²) in [7, 11) is 0. The number of nitrogens with one attached hydrogen (secondary N) is 1. The molecule has 0 fully saturated rings. The number of non-ortho nitro benzene ring substituents is 1. The Bertz CT molecular complexity index is 1500. The maximum Gasteiger partial charge on any atom is 0.291 e. The lowest BCUT2D eigenvalue weighted by Gasteiger charge is -2.13. The van der Waals surface area contributed by atoms with Crippen LogP contribution in [0.1, 0.15) is 33.0 Å². The number of aryl methyl sites for hydroxylation is 2. The van der Waals surface area contributed by atoms with Gasteiger partial charge in [-0.1, -0.05) is 33.6 Å². The van der Waals surface area contributed by atoms with E-state index in [1.807, 2.05) is 32.9 Å². The number of carbonyl (C=O) groups excluding carboxylic acids is 1. The Labute approximate surface area is 226 Å². The summed E-state index contributed by atoms with van der Waals surface area (Å²) in [5.74, 6) is 1.10. The Hall–Kier alpha value is -3.82. The molecule has 0 aliphatic carbocycles. The van der Waals surface area contributed by atoms with Crippen molar-refractivity contribution in [2.75, 3.05) is 5.32 Å². The molecule has 0 bridgehead atoms. The molecule has 0 spiro atoms. The number of anilines is 1. The molecule has 1 heterocycles. The maximum atomic E-state index is 12.8. The third kappa shape index (κ3) is 6.49. The van der Waals surface area contributed by atoms with E-state index in [1.165, 1.54) is 24.3 Å². The van der Waals surface area contributed by atoms with Gasteiger partial charge in [-0.05, 0) is 73.9 Å². The quantitative estimate of drug-likeness (QED) is 0.165. The molecule has 0 atom stereocenters. The monoisotopic (exact) mass is 584 g/mol. The third-order valence-corrected chi connectivity index (χ3v) is 6.29. The molecule has 4 rings (SSSR count). The van der Waals surface area contributed by atoms with Crippen molar-refractivity contribution in [2.45, 2.75) is 27.4 Å². The van der Waals surface area contributed by atoms with Crippen molar-refractivity contribution in [3.8, 4) is 17.2 Å². The molecule has 1 amide bonds. The van der Waals surface area contributed by atoms with E-state index in [0.717, 1.165) is 21.2 Å². The average molecular weight is 586 g/mol. The molecule has 3 aromatic carbocycles. The van der Waals surface area contributed by atoms with Crippen LogP contribution in [-0.2, 0) is 6.61 Å². The number of halogens is 2. The second-order valence-electron chi connectivity index (χ2n) is 8.36. The zero-order valence-corrected chi connectivity index (χ0v) is 22.5. The van der Waals surface area contributed by atoms with E-state index in [1.54, 1.807) is 24.3 Å². The predicted octanol–water partition coefficient (Wildman–Crippen LogP) is 8.15. The Balaban J connectivity index is 1.50. The van der Waals surface area contributed by atoms with Crippen LogP contribution in [0.4, 0.5) is 11.4 Å². The molecular formula is C27H22BrClN2O6. The first kappa shape index (κ1) is 26.2. The van der Waals surface area contributed by atoms with E-state index in [0.29, 0.717) is 22.3 Å². The van der Waals surface area contributed by atoms with Gasteiger partial charge in [-0.25, -0.2) is 0 Å². The van der Waals surface area contributed by atoms with Crippen LogP contribution >= 0.6 is 27.5 Å². The van der Waals surface area contributed by atoms with Gasteiger partial charge < -0.3 is 19.2 Å². The smallest absolute Gasteiger partial charge is 0.291 e. The highest BCUT2D eigenvalue weighted by Gasteiger charge is 2.17. The second kappa shape index (κ2) is 11.1. The van der Waals surface area contributed by atoms with Crippen molar-refractivity contribution in [3.05, 3.63) is 108 Å². The molecule has 4 aromatic rings. The van der Waals surface area contributed by atoms with Crippen molar-refractivity contribution in [1.82, 2.24) is 0 Å². The summed E-state index contributed by atoms with van der Waals surface area (Å²) in [5, 5.41) is 14.6. The lowest BCUT2D eigenvalue weighted by molar-refractivity contribution is -0.384. The molecule has 0 radical (unpaired) electrons. The summed E-state index contributed by atoms with van der Waals surface area (Å²) < 4.78 is 18.0. The number of amides is 1. The Kier molecular flexibility index (Phi) is 7.85. The van der Waals surface area contributed by atoms with Gasteiger partial charge in [-0.3, -0.25) is 14.9 Å². The van der Waals surface area contributed by atoms with Gasteiger partial charge >= 0.3 is 0 Å². The zero-order chi connectivity index (χ0) is 26.7. The first-order valence-electron chi connectivity index (χ1n) is 11.1. The summed E-state index contributed by atoms with van der Waals surface area (Å²) in [6.45, 7) is 5.87. The number of ether oxygens (including phenoxy) is 2. The molecule has 1 N–H and O–H groups in total. The molecule has 0 aliphatic rings. The number of furan rings is 1. The standard InChI is InChI=1S/C27H22BrClN2O6/c1-15-8-16(2)17(3)26(9-15)37-22-12-19(11-20(13-22)31(33)34)30-27(32)25-7-5-21(36-25)14-35-24-6-4-18(28)10-23(24)29/h4-13H,14H2,1-3H3,(H,30,32). The molecular weight excluding hydrogens is 564 g/mol. The van der Waals surface area contributed by atoms with Gasteiger partial charge in [0.15, 0.2) is 5.76 Å². The van der Waals surface area contributed by atoms with E-state index in [4.69, 9.17) is 25.5 Å². The van der Waals surface area contributed by atoms with Crippen LogP contribution in [0.3, 0.4) is 0 Å². The summed E-state index contributed by atoms with van der Waals surface area (Å²) >= 11 is 9.49. The highest BCUT2D eigenvalue weighted by atomic mass is 79.9. The summed E-state index contributed by atoms with van der Waals surface area (Å²) in [6.07, 6.45) is 0. The minimum Gasteiger partial charge on any atom is -0.484 e. The molecule has 0 saturated heterocycles. The number of benzene rings is 3. The number of hydrogen-bond acceptors (Lipinski definition) is 6. The highest BCUT2D eigenvalue weighted by Crippen LogP contribution is 2.33. The van der Waals surface area contributed by atoms with Gasteiger partial charge in [0.05, 0.1) is 21.7 Å². The molecule has 0 unspecified atom stereocenters. The first-order chi connectivity index (χ1) is 17.6. The molecule has 1 aromatic heterocycles. The van der Waals surface area contributed by atoms with Crippen LogP contribution in [0.2, 0.25) is 5.02 Å². The number of nitro benzene ring substituents is 1. The van der Waals surface area contributed by atoms with Crippen molar-refractivity contribution < 1.29 is 23.6 Å². The van der Waals surface area contributed by atoms with E-state index in [2.05, 4.69) is 21.2 Å². The molecule has 190 valence electrons. The Morgan fingerprint density at radius 1 is 1.05 bits per heavy atom. The lowest BCUT2D eigenvalue weighted by atomic mass is 10.1. The molecule has 0 aliphatic heterocycles. The average Bonchev–Trinajstić information content (AvgIpc) is 3.31. The fourth-order valence-electron chi connectivity index (χ4n) is 3.56. The van der Waals surface area contributed by atoms with Crippen molar-refractivity contribution >= 4 is 44.8 Å². The Morgan fingerprint density at radius 3 is 2.57 bits per heavy atom. The van der Waals surface area contributed by atoms with Gasteiger partial charge in [0.25, 0.3) is 11.6 Å². The molecule has 0 saturated carbocycles. The topological polar surface area (TPSA) is 104 Å². The number of carbonyl (C=O) groups is 1. The first-order valence-corrected chi connectivity index (χ1v) is 12.3. The maximum absolute atomic E-state index is 12.8. The normalized spacial score (nSPS) is 10.7. The predicted molar refractivity (Wildman–Crippen MR) is 144 cm³/mol. The van der Waals surface area contributed by atoms with Crippen LogP contribution in [0.5, 0.6) is 17.2 Å². The third-order valence-electron chi connectivity index (χ3n) is 5.50. The van der Waals surface area contributed by atoms with Gasteiger partial charge in [0.2, 0.25) is 0 Å². The summed E-state index contributed by atoms with van der Waals surface area (Å²) in [6, 6.07) is 16.3. The van der Waals surface area contributed by atoms with Crippen molar-refractivity contribution in [3.63, 3.8) is 0 Å². The van der Waals surface area contributed by atoms with Gasteiger partial charge in [0, 0.05) is 16.6 Å². The SMILES string of the molecule is Cc1cc(C)c(C)c(Oc2cc(NC(=O)c3ccc(COc4ccc(Br)cc4Cl)o3)cc([N+](=O)[O-])c2)c1. The molecule has 8 nitrogen and oxygen atoms in total. The number of hydrogen-bond donors (Lipinski definition) is 1. The number of rotatable bonds is 8. The fourth-order valence-corrected chi connectivity index (χ4v) is 4.29. The largest absolute Gasteiger partial charge is 0.484 e. The second-order valence-corrected chi connectivity index (χ2v) is 9.69. The highest BCUT2D eigenvalue weighted by molar-refractivity contribution is 9.10.